The zero-order chi connectivity index (χ0) is 18.1. The van der Waals surface area contributed by atoms with Crippen LogP contribution in [0.5, 0.6) is 0 Å². The second-order valence-electron chi connectivity index (χ2n) is 6.25. The molecular formula is C20H17BrFN3O. The minimum absolute atomic E-state index is 0.139. The molecule has 0 N–H and O–H groups in total. The molecule has 2 heterocycles. The molecule has 0 spiro atoms. The van der Waals surface area contributed by atoms with Gasteiger partial charge in [0.25, 0.3) is 5.91 Å². The van der Waals surface area contributed by atoms with Crippen LogP contribution in [0.2, 0.25) is 0 Å². The third-order valence-electron chi connectivity index (χ3n) is 4.69. The summed E-state index contributed by atoms with van der Waals surface area (Å²) in [5, 5.41) is 1.09. The van der Waals surface area contributed by atoms with Crippen molar-refractivity contribution < 1.29 is 9.18 Å². The summed E-state index contributed by atoms with van der Waals surface area (Å²) in [5.74, 6) is -0.711. The van der Waals surface area contributed by atoms with Crippen LogP contribution in [-0.2, 0) is 0 Å². The quantitative estimate of drug-likeness (QED) is 0.634. The van der Waals surface area contributed by atoms with Gasteiger partial charge in [0, 0.05) is 47.9 Å². The van der Waals surface area contributed by atoms with Gasteiger partial charge in [-0.2, -0.15) is 0 Å². The van der Waals surface area contributed by atoms with E-state index in [0.717, 1.165) is 21.1 Å². The van der Waals surface area contributed by atoms with Crippen LogP contribution in [0.4, 0.5) is 10.1 Å². The highest BCUT2D eigenvalue weighted by molar-refractivity contribution is 9.10. The Kier molecular flexibility index (Phi) is 4.59. The van der Waals surface area contributed by atoms with E-state index >= 15 is 0 Å². The fourth-order valence-electron chi connectivity index (χ4n) is 3.34. The molecular weight excluding hydrogens is 397 g/mol. The lowest BCUT2D eigenvalue weighted by molar-refractivity contribution is 0.0742. The molecule has 6 heteroatoms. The minimum Gasteiger partial charge on any atom is -0.367 e. The van der Waals surface area contributed by atoms with Gasteiger partial charge in [0.1, 0.15) is 5.82 Å². The van der Waals surface area contributed by atoms with Gasteiger partial charge in [-0.05, 0) is 36.4 Å². The Labute approximate surface area is 159 Å². The number of rotatable bonds is 2. The number of piperazine rings is 1. The molecule has 1 aliphatic heterocycles. The van der Waals surface area contributed by atoms with Crippen LogP contribution in [0.15, 0.2) is 59.2 Å². The van der Waals surface area contributed by atoms with Gasteiger partial charge in [0.05, 0.1) is 11.1 Å². The zero-order valence-corrected chi connectivity index (χ0v) is 15.6. The van der Waals surface area contributed by atoms with E-state index < -0.39 is 5.82 Å². The molecule has 1 fully saturated rings. The first kappa shape index (κ1) is 17.0. The van der Waals surface area contributed by atoms with Gasteiger partial charge in [0.2, 0.25) is 0 Å². The molecule has 26 heavy (non-hydrogen) atoms. The number of hydrogen-bond acceptors (Lipinski definition) is 3. The molecule has 1 aliphatic rings. The Morgan fingerprint density at radius 2 is 1.81 bits per heavy atom. The summed E-state index contributed by atoms with van der Waals surface area (Å²) in [4.78, 5) is 21.0. The van der Waals surface area contributed by atoms with Crippen LogP contribution in [0.3, 0.4) is 0 Å². The lowest BCUT2D eigenvalue weighted by Gasteiger charge is -2.36. The number of hydrogen-bond donors (Lipinski definition) is 0. The summed E-state index contributed by atoms with van der Waals surface area (Å²) in [5.41, 5.74) is 2.18. The van der Waals surface area contributed by atoms with Crippen LogP contribution in [0.25, 0.3) is 10.9 Å². The summed E-state index contributed by atoms with van der Waals surface area (Å²) in [6.07, 6.45) is 1.81. The molecule has 2 aromatic carbocycles. The summed E-state index contributed by atoms with van der Waals surface area (Å²) >= 11 is 3.48. The number of benzene rings is 2. The topological polar surface area (TPSA) is 36.4 Å². The third kappa shape index (κ3) is 3.17. The SMILES string of the molecule is O=C(c1ccccc1F)N1CCN(c2ccnc3cc(Br)ccc23)CC1. The summed E-state index contributed by atoms with van der Waals surface area (Å²) < 4.78 is 14.9. The molecule has 0 bridgehead atoms. The molecule has 1 saturated heterocycles. The number of nitrogens with zero attached hydrogens (tertiary/aromatic N) is 3. The van der Waals surface area contributed by atoms with E-state index in [2.05, 4.69) is 31.9 Å². The predicted octanol–water partition coefficient (Wildman–Crippen LogP) is 4.10. The number of carbonyl (C=O) groups is 1. The van der Waals surface area contributed by atoms with Crippen molar-refractivity contribution in [3.8, 4) is 0 Å². The molecule has 4 nitrogen and oxygen atoms in total. The van der Waals surface area contributed by atoms with Crippen LogP contribution in [-0.4, -0.2) is 42.0 Å². The van der Waals surface area contributed by atoms with Crippen LogP contribution in [0.1, 0.15) is 10.4 Å². The van der Waals surface area contributed by atoms with Crippen molar-refractivity contribution in [2.45, 2.75) is 0 Å². The molecule has 3 aromatic rings. The van der Waals surface area contributed by atoms with E-state index in [1.807, 2.05) is 18.2 Å². The van der Waals surface area contributed by atoms with Crippen molar-refractivity contribution >= 4 is 38.4 Å². The van der Waals surface area contributed by atoms with Crippen molar-refractivity contribution in [2.75, 3.05) is 31.1 Å². The molecule has 0 unspecified atom stereocenters. The van der Waals surface area contributed by atoms with Gasteiger partial charge in [-0.25, -0.2) is 4.39 Å². The Morgan fingerprint density at radius 3 is 2.58 bits per heavy atom. The molecule has 0 aliphatic carbocycles. The standard InChI is InChI=1S/C20H17BrFN3O/c21-14-5-6-16-18(13-14)23-8-7-19(16)24-9-11-25(12-10-24)20(26)15-3-1-2-4-17(15)22/h1-8,13H,9-12H2. The van der Waals surface area contributed by atoms with Crippen molar-refractivity contribution in [3.05, 3.63) is 70.6 Å². The Morgan fingerprint density at radius 1 is 1.04 bits per heavy atom. The fourth-order valence-corrected chi connectivity index (χ4v) is 3.69. The van der Waals surface area contributed by atoms with Crippen molar-refractivity contribution in [1.82, 2.24) is 9.88 Å². The van der Waals surface area contributed by atoms with Gasteiger partial charge < -0.3 is 9.80 Å². The first-order valence-electron chi connectivity index (χ1n) is 8.46. The lowest BCUT2D eigenvalue weighted by atomic mass is 10.1. The number of halogens is 2. The highest BCUT2D eigenvalue weighted by atomic mass is 79.9. The largest absolute Gasteiger partial charge is 0.367 e. The van der Waals surface area contributed by atoms with Crippen LogP contribution >= 0.6 is 15.9 Å². The number of fused-ring (bicyclic) bond motifs is 1. The van der Waals surface area contributed by atoms with Gasteiger partial charge in [-0.3, -0.25) is 9.78 Å². The molecule has 4 rings (SSSR count). The minimum atomic E-state index is -0.467. The highest BCUT2D eigenvalue weighted by Crippen LogP contribution is 2.28. The maximum atomic E-state index is 13.9. The number of amides is 1. The zero-order valence-electron chi connectivity index (χ0n) is 14.0. The second-order valence-corrected chi connectivity index (χ2v) is 7.17. The van der Waals surface area contributed by atoms with E-state index in [9.17, 15) is 9.18 Å². The molecule has 0 saturated carbocycles. The Hall–Kier alpha value is -2.47. The highest BCUT2D eigenvalue weighted by Gasteiger charge is 2.24. The van der Waals surface area contributed by atoms with Crippen LogP contribution < -0.4 is 4.90 Å². The normalized spacial score (nSPS) is 14.7. The van der Waals surface area contributed by atoms with E-state index in [4.69, 9.17) is 0 Å². The van der Waals surface area contributed by atoms with Crippen molar-refractivity contribution in [1.29, 1.82) is 0 Å². The summed E-state index contributed by atoms with van der Waals surface area (Å²) in [7, 11) is 0. The number of aromatic nitrogens is 1. The Balaban J connectivity index is 1.52. The van der Waals surface area contributed by atoms with Crippen LogP contribution in [0, 0.1) is 5.82 Å². The first-order valence-corrected chi connectivity index (χ1v) is 9.26. The smallest absolute Gasteiger partial charge is 0.256 e. The predicted molar refractivity (Wildman–Crippen MR) is 104 cm³/mol. The average Bonchev–Trinajstić information content (AvgIpc) is 2.67. The average molecular weight is 414 g/mol. The summed E-state index contributed by atoms with van der Waals surface area (Å²) in [6, 6.07) is 14.2. The number of anilines is 1. The molecule has 1 amide bonds. The van der Waals surface area contributed by atoms with Crippen molar-refractivity contribution in [2.24, 2.45) is 0 Å². The van der Waals surface area contributed by atoms with Gasteiger partial charge in [0.15, 0.2) is 0 Å². The van der Waals surface area contributed by atoms with Gasteiger partial charge >= 0.3 is 0 Å². The molecule has 132 valence electrons. The number of carbonyl (C=O) groups excluding carboxylic acids is 1. The maximum absolute atomic E-state index is 13.9. The molecule has 1 aromatic heterocycles. The number of pyridine rings is 1. The second kappa shape index (κ2) is 7.03. The molecule has 0 radical (unpaired) electrons. The van der Waals surface area contributed by atoms with E-state index in [1.54, 1.807) is 23.2 Å². The van der Waals surface area contributed by atoms with Crippen molar-refractivity contribution in [3.63, 3.8) is 0 Å². The van der Waals surface area contributed by atoms with E-state index in [0.29, 0.717) is 26.2 Å². The van der Waals surface area contributed by atoms with E-state index in [-0.39, 0.29) is 11.5 Å². The molecule has 0 atom stereocenters. The first-order chi connectivity index (χ1) is 12.6. The Bertz CT molecular complexity index is 970. The monoisotopic (exact) mass is 413 g/mol. The lowest BCUT2D eigenvalue weighted by Crippen LogP contribution is -2.49. The van der Waals surface area contributed by atoms with Gasteiger partial charge in [-0.1, -0.05) is 28.1 Å². The maximum Gasteiger partial charge on any atom is 0.256 e. The summed E-state index contributed by atoms with van der Waals surface area (Å²) in [6.45, 7) is 2.53. The fraction of sp³-hybridized carbons (Fsp3) is 0.200. The van der Waals surface area contributed by atoms with Gasteiger partial charge in [-0.15, -0.1) is 0 Å². The van der Waals surface area contributed by atoms with E-state index in [1.165, 1.54) is 12.1 Å². The third-order valence-corrected chi connectivity index (χ3v) is 5.19.